The van der Waals surface area contributed by atoms with Gasteiger partial charge in [0, 0.05) is 0 Å². The Labute approximate surface area is 191 Å². The number of thioether (sulfide) groups is 1. The first-order valence-electron chi connectivity index (χ1n) is 9.77. The minimum Gasteiger partial charge on any atom is -0.467 e. The summed E-state index contributed by atoms with van der Waals surface area (Å²) in [4.78, 5) is 49.0. The molecular weight excluding hydrogens is 444 g/mol. The Morgan fingerprint density at radius 3 is 2.32 bits per heavy atom. The lowest BCUT2D eigenvalue weighted by Gasteiger charge is -2.20. The molecule has 0 radical (unpaired) electrons. The highest BCUT2D eigenvalue weighted by Gasteiger charge is 2.26. The fraction of sp³-hybridized carbons (Fsp3) is 0.524. The number of benzene rings is 1. The number of amides is 2. The van der Waals surface area contributed by atoms with Gasteiger partial charge in [-0.25, -0.2) is 9.59 Å². The average molecular weight is 473 g/mol. The molecule has 2 unspecified atom stereocenters. The van der Waals surface area contributed by atoms with Crippen LogP contribution in [0.3, 0.4) is 0 Å². The minimum atomic E-state index is -0.948. The van der Waals surface area contributed by atoms with Crippen LogP contribution in [0, 0.1) is 5.92 Å². The summed E-state index contributed by atoms with van der Waals surface area (Å²) in [6.07, 6.45) is 2.57. The summed E-state index contributed by atoms with van der Waals surface area (Å²) >= 11 is 7.54. The molecule has 0 saturated carbocycles. The summed E-state index contributed by atoms with van der Waals surface area (Å²) in [6, 6.07) is 4.70. The Morgan fingerprint density at radius 2 is 1.74 bits per heavy atom. The molecule has 31 heavy (non-hydrogen) atoms. The molecule has 0 aromatic heterocycles. The van der Waals surface area contributed by atoms with Gasteiger partial charge in [0.25, 0.3) is 11.8 Å². The number of rotatable bonds is 12. The van der Waals surface area contributed by atoms with Crippen molar-refractivity contribution in [3.05, 3.63) is 34.9 Å². The first-order valence-corrected chi connectivity index (χ1v) is 11.5. The zero-order valence-electron chi connectivity index (χ0n) is 18.1. The third-order valence-electron chi connectivity index (χ3n) is 4.19. The lowest BCUT2D eigenvalue weighted by molar-refractivity contribution is -0.151. The van der Waals surface area contributed by atoms with E-state index in [-0.39, 0.29) is 16.5 Å². The molecule has 2 amide bonds. The number of carbonyl (C=O) groups excluding carboxylic acids is 4. The number of esters is 2. The van der Waals surface area contributed by atoms with Gasteiger partial charge in [0.15, 0.2) is 6.61 Å². The molecule has 0 heterocycles. The molecular formula is C21H29ClN2O6S. The normalized spacial score (nSPS) is 12.6. The Hall–Kier alpha value is -2.26. The summed E-state index contributed by atoms with van der Waals surface area (Å²) < 4.78 is 9.78. The maximum atomic E-state index is 12.5. The maximum absolute atomic E-state index is 12.5. The number of ether oxygens (including phenoxy) is 2. The Morgan fingerprint density at radius 1 is 1.06 bits per heavy atom. The zero-order chi connectivity index (χ0) is 23.4. The second kappa shape index (κ2) is 13.9. The molecule has 0 fully saturated rings. The second-order valence-electron chi connectivity index (χ2n) is 7.17. The van der Waals surface area contributed by atoms with E-state index < -0.39 is 42.4 Å². The fourth-order valence-electron chi connectivity index (χ4n) is 2.67. The minimum absolute atomic E-state index is 0.142. The molecule has 0 spiro atoms. The highest BCUT2D eigenvalue weighted by atomic mass is 35.5. The monoisotopic (exact) mass is 472 g/mol. The molecule has 8 nitrogen and oxygen atoms in total. The van der Waals surface area contributed by atoms with Crippen LogP contribution in [0.15, 0.2) is 24.3 Å². The standard InChI is InChI=1S/C21H29ClN2O6S/c1-13(2)11-17(20(27)29-3)23-18(25)12-30-21(28)16(9-10-31-4)24-19(26)14-7-5-6-8-15(14)22/h5-8,13,16-17H,9-12H2,1-4H3,(H,23,25)(H,24,26). The smallest absolute Gasteiger partial charge is 0.329 e. The quantitative estimate of drug-likeness (QED) is 0.449. The molecule has 0 aliphatic rings. The van der Waals surface area contributed by atoms with E-state index in [1.807, 2.05) is 20.1 Å². The Bertz CT molecular complexity index is 774. The van der Waals surface area contributed by atoms with Crippen molar-refractivity contribution in [3.63, 3.8) is 0 Å². The zero-order valence-corrected chi connectivity index (χ0v) is 19.7. The van der Waals surface area contributed by atoms with Crippen LogP contribution in [0.4, 0.5) is 0 Å². The molecule has 172 valence electrons. The van der Waals surface area contributed by atoms with Crippen LogP contribution in [-0.4, -0.2) is 61.6 Å². The molecule has 0 bridgehead atoms. The highest BCUT2D eigenvalue weighted by molar-refractivity contribution is 7.98. The van der Waals surface area contributed by atoms with Gasteiger partial charge in [0.2, 0.25) is 0 Å². The van der Waals surface area contributed by atoms with Gasteiger partial charge in [-0.3, -0.25) is 9.59 Å². The Kier molecular flexibility index (Phi) is 12.0. The molecule has 1 aromatic carbocycles. The van der Waals surface area contributed by atoms with Gasteiger partial charge in [0.1, 0.15) is 12.1 Å². The van der Waals surface area contributed by atoms with Crippen molar-refractivity contribution in [1.29, 1.82) is 0 Å². The van der Waals surface area contributed by atoms with Crippen LogP contribution in [-0.2, 0) is 23.9 Å². The first-order chi connectivity index (χ1) is 14.7. The number of nitrogens with one attached hydrogen (secondary N) is 2. The molecule has 1 aromatic rings. The maximum Gasteiger partial charge on any atom is 0.329 e. The van der Waals surface area contributed by atoms with Crippen molar-refractivity contribution in [2.45, 2.75) is 38.8 Å². The van der Waals surface area contributed by atoms with Gasteiger partial charge < -0.3 is 20.1 Å². The lowest BCUT2D eigenvalue weighted by atomic mass is 10.0. The molecule has 10 heteroatoms. The summed E-state index contributed by atoms with van der Waals surface area (Å²) in [5.41, 5.74) is 0.235. The van der Waals surface area contributed by atoms with Gasteiger partial charge in [0.05, 0.1) is 17.7 Å². The van der Waals surface area contributed by atoms with Crippen molar-refractivity contribution in [2.75, 3.05) is 25.7 Å². The molecule has 2 atom stereocenters. The van der Waals surface area contributed by atoms with E-state index >= 15 is 0 Å². The van der Waals surface area contributed by atoms with Crippen molar-refractivity contribution in [3.8, 4) is 0 Å². The molecule has 0 aliphatic carbocycles. The van der Waals surface area contributed by atoms with Crippen LogP contribution in [0.2, 0.25) is 5.02 Å². The van der Waals surface area contributed by atoms with Gasteiger partial charge >= 0.3 is 11.9 Å². The fourth-order valence-corrected chi connectivity index (χ4v) is 3.36. The summed E-state index contributed by atoms with van der Waals surface area (Å²) in [7, 11) is 1.24. The van der Waals surface area contributed by atoms with E-state index in [9.17, 15) is 19.2 Å². The predicted molar refractivity (Wildman–Crippen MR) is 120 cm³/mol. The number of methoxy groups -OCH3 is 1. The van der Waals surface area contributed by atoms with E-state index in [1.54, 1.807) is 24.3 Å². The van der Waals surface area contributed by atoms with Crippen LogP contribution >= 0.6 is 23.4 Å². The summed E-state index contributed by atoms with van der Waals surface area (Å²) in [5, 5.41) is 5.38. The van der Waals surface area contributed by atoms with Crippen LogP contribution in [0.1, 0.15) is 37.0 Å². The van der Waals surface area contributed by atoms with E-state index in [1.165, 1.54) is 18.9 Å². The number of halogens is 1. The molecule has 0 saturated heterocycles. The van der Waals surface area contributed by atoms with Gasteiger partial charge in [-0.1, -0.05) is 37.6 Å². The Balaban J connectivity index is 2.72. The van der Waals surface area contributed by atoms with E-state index in [2.05, 4.69) is 10.6 Å². The summed E-state index contributed by atoms with van der Waals surface area (Å²) in [5.74, 6) is -1.73. The second-order valence-corrected chi connectivity index (χ2v) is 8.56. The highest BCUT2D eigenvalue weighted by Crippen LogP contribution is 2.15. The van der Waals surface area contributed by atoms with Crippen molar-refractivity contribution < 1.29 is 28.7 Å². The topological polar surface area (TPSA) is 111 Å². The third kappa shape index (κ3) is 9.61. The molecule has 2 N–H and O–H groups in total. The van der Waals surface area contributed by atoms with E-state index in [4.69, 9.17) is 21.1 Å². The van der Waals surface area contributed by atoms with E-state index in [0.717, 1.165) is 0 Å². The SMILES string of the molecule is COC(=O)C(CC(C)C)NC(=O)COC(=O)C(CCSC)NC(=O)c1ccccc1Cl. The number of hydrogen-bond donors (Lipinski definition) is 2. The van der Waals surface area contributed by atoms with Gasteiger partial charge in [-0.05, 0) is 42.9 Å². The van der Waals surface area contributed by atoms with Crippen LogP contribution in [0.25, 0.3) is 0 Å². The first kappa shape index (κ1) is 26.8. The molecule has 1 rings (SSSR count). The number of carbonyl (C=O) groups is 4. The molecule has 0 aliphatic heterocycles. The van der Waals surface area contributed by atoms with Gasteiger partial charge in [-0.2, -0.15) is 11.8 Å². The lowest BCUT2D eigenvalue weighted by Crippen LogP contribution is -2.46. The number of hydrogen-bond acceptors (Lipinski definition) is 7. The van der Waals surface area contributed by atoms with Gasteiger partial charge in [-0.15, -0.1) is 0 Å². The van der Waals surface area contributed by atoms with Crippen molar-refractivity contribution >= 4 is 47.1 Å². The third-order valence-corrected chi connectivity index (χ3v) is 5.17. The van der Waals surface area contributed by atoms with Crippen LogP contribution < -0.4 is 10.6 Å². The summed E-state index contributed by atoms with van der Waals surface area (Å²) in [6.45, 7) is 3.22. The van der Waals surface area contributed by atoms with Crippen molar-refractivity contribution in [1.82, 2.24) is 10.6 Å². The van der Waals surface area contributed by atoms with E-state index in [0.29, 0.717) is 18.6 Å². The predicted octanol–water partition coefficient (Wildman–Crippen LogP) is 2.44. The largest absolute Gasteiger partial charge is 0.467 e. The van der Waals surface area contributed by atoms with Crippen LogP contribution in [0.5, 0.6) is 0 Å². The van der Waals surface area contributed by atoms with Crippen molar-refractivity contribution in [2.24, 2.45) is 5.92 Å². The average Bonchev–Trinajstić information content (AvgIpc) is 2.73.